The van der Waals surface area contributed by atoms with Gasteiger partial charge in [0.05, 0.1) is 0 Å². The van der Waals surface area contributed by atoms with Crippen molar-refractivity contribution in [3.05, 3.63) is 71.3 Å². The Labute approximate surface area is 129 Å². The van der Waals surface area contributed by atoms with Gasteiger partial charge in [0.2, 0.25) is 0 Å². The summed E-state index contributed by atoms with van der Waals surface area (Å²) in [5.41, 5.74) is 4.27. The summed E-state index contributed by atoms with van der Waals surface area (Å²) >= 11 is 0. The molecule has 0 aliphatic rings. The monoisotopic (exact) mass is 281 g/mol. The van der Waals surface area contributed by atoms with Crippen molar-refractivity contribution >= 4 is 0 Å². The maximum absolute atomic E-state index is 3.62. The number of hydrogen-bond acceptors (Lipinski definition) is 1. The van der Waals surface area contributed by atoms with Crippen molar-refractivity contribution < 1.29 is 0 Å². The predicted octanol–water partition coefficient (Wildman–Crippen LogP) is 4.92. The lowest BCUT2D eigenvalue weighted by molar-refractivity contribution is 0.498. The van der Waals surface area contributed by atoms with Crippen LogP contribution in [0, 0.1) is 0 Å². The number of hydrogen-bond donors (Lipinski definition) is 1. The van der Waals surface area contributed by atoms with E-state index in [0.717, 1.165) is 19.4 Å². The molecule has 0 aromatic heterocycles. The molecule has 0 saturated heterocycles. The third-order valence-corrected chi connectivity index (χ3v) is 4.04. The van der Waals surface area contributed by atoms with Crippen molar-refractivity contribution in [2.45, 2.75) is 45.6 Å². The normalized spacial score (nSPS) is 12.3. The Morgan fingerprint density at radius 3 is 2.19 bits per heavy atom. The molecule has 0 amide bonds. The van der Waals surface area contributed by atoms with Gasteiger partial charge in [-0.25, -0.2) is 0 Å². The van der Waals surface area contributed by atoms with Crippen molar-refractivity contribution in [3.63, 3.8) is 0 Å². The molecular formula is C20H27N. The van der Waals surface area contributed by atoms with Gasteiger partial charge in [0.1, 0.15) is 0 Å². The van der Waals surface area contributed by atoms with E-state index in [-0.39, 0.29) is 0 Å². The molecule has 0 spiro atoms. The van der Waals surface area contributed by atoms with Gasteiger partial charge in [-0.05, 0) is 48.9 Å². The van der Waals surface area contributed by atoms with Gasteiger partial charge >= 0.3 is 0 Å². The molecule has 1 atom stereocenters. The molecule has 2 aromatic carbocycles. The van der Waals surface area contributed by atoms with Gasteiger partial charge in [-0.3, -0.25) is 0 Å². The van der Waals surface area contributed by atoms with E-state index < -0.39 is 0 Å². The van der Waals surface area contributed by atoms with Gasteiger partial charge in [-0.2, -0.15) is 0 Å². The maximum Gasteiger partial charge on any atom is 0.0320 e. The van der Waals surface area contributed by atoms with Crippen molar-refractivity contribution in [1.29, 1.82) is 0 Å². The summed E-state index contributed by atoms with van der Waals surface area (Å²) in [4.78, 5) is 0. The summed E-state index contributed by atoms with van der Waals surface area (Å²) < 4.78 is 0. The second kappa shape index (κ2) is 8.63. The summed E-state index contributed by atoms with van der Waals surface area (Å²) in [7, 11) is 0. The molecule has 2 aromatic rings. The van der Waals surface area contributed by atoms with E-state index in [2.05, 4.69) is 73.8 Å². The summed E-state index contributed by atoms with van der Waals surface area (Å²) in [6.07, 6.45) is 4.68. The fourth-order valence-corrected chi connectivity index (χ4v) is 2.77. The van der Waals surface area contributed by atoms with E-state index in [0.29, 0.717) is 6.04 Å². The minimum absolute atomic E-state index is 0.476. The molecule has 2 rings (SSSR count). The molecule has 1 nitrogen and oxygen atoms in total. The van der Waals surface area contributed by atoms with Crippen LogP contribution in [-0.2, 0) is 12.8 Å². The van der Waals surface area contributed by atoms with Crippen molar-refractivity contribution in [3.8, 4) is 0 Å². The zero-order valence-corrected chi connectivity index (χ0v) is 13.3. The van der Waals surface area contributed by atoms with E-state index in [1.807, 2.05) is 0 Å². The molecule has 1 heteroatoms. The Morgan fingerprint density at radius 2 is 1.57 bits per heavy atom. The standard InChI is InChI=1S/C20H27N/c1-3-17-13-15-19(16-14-17)20(21-4-2)12-8-11-18-9-6-5-7-10-18/h5-7,9-10,13-16,20-21H,3-4,8,11-12H2,1-2H3. The smallest absolute Gasteiger partial charge is 0.0320 e. The highest BCUT2D eigenvalue weighted by Gasteiger charge is 2.09. The molecule has 1 unspecified atom stereocenters. The Kier molecular flexibility index (Phi) is 6.49. The quantitative estimate of drug-likeness (QED) is 0.724. The van der Waals surface area contributed by atoms with Gasteiger partial charge in [0.15, 0.2) is 0 Å². The zero-order chi connectivity index (χ0) is 14.9. The molecule has 0 bridgehead atoms. The highest BCUT2D eigenvalue weighted by Crippen LogP contribution is 2.20. The average Bonchev–Trinajstić information content (AvgIpc) is 2.55. The number of benzene rings is 2. The summed E-state index contributed by atoms with van der Waals surface area (Å²) in [5, 5.41) is 3.62. The lowest BCUT2D eigenvalue weighted by atomic mass is 9.97. The molecule has 0 aliphatic carbocycles. The number of aryl methyl sites for hydroxylation is 2. The fourth-order valence-electron chi connectivity index (χ4n) is 2.77. The lowest BCUT2D eigenvalue weighted by Crippen LogP contribution is -2.21. The number of nitrogens with one attached hydrogen (secondary N) is 1. The van der Waals surface area contributed by atoms with Crippen LogP contribution < -0.4 is 5.32 Å². The van der Waals surface area contributed by atoms with Gasteiger partial charge in [0.25, 0.3) is 0 Å². The van der Waals surface area contributed by atoms with Crippen LogP contribution in [0.1, 0.15) is 49.4 Å². The summed E-state index contributed by atoms with van der Waals surface area (Å²) in [6.45, 7) is 5.41. The van der Waals surface area contributed by atoms with Crippen molar-refractivity contribution in [2.75, 3.05) is 6.54 Å². The second-order valence-corrected chi connectivity index (χ2v) is 5.58. The molecule has 0 fully saturated rings. The Morgan fingerprint density at radius 1 is 0.857 bits per heavy atom. The molecule has 1 N–H and O–H groups in total. The predicted molar refractivity (Wildman–Crippen MR) is 91.6 cm³/mol. The first-order chi connectivity index (χ1) is 10.3. The molecule has 0 saturated carbocycles. The minimum atomic E-state index is 0.476. The van der Waals surface area contributed by atoms with Crippen molar-refractivity contribution in [2.24, 2.45) is 0 Å². The topological polar surface area (TPSA) is 12.0 Å². The molecule has 0 radical (unpaired) electrons. The van der Waals surface area contributed by atoms with Crippen LogP contribution in [0.4, 0.5) is 0 Å². The highest BCUT2D eigenvalue weighted by molar-refractivity contribution is 5.25. The second-order valence-electron chi connectivity index (χ2n) is 5.58. The maximum atomic E-state index is 3.62. The van der Waals surface area contributed by atoms with E-state index in [1.54, 1.807) is 0 Å². The van der Waals surface area contributed by atoms with Crippen LogP contribution in [0.15, 0.2) is 54.6 Å². The van der Waals surface area contributed by atoms with Crippen molar-refractivity contribution in [1.82, 2.24) is 5.32 Å². The molecule has 0 aliphatic heterocycles. The Balaban J connectivity index is 1.91. The largest absolute Gasteiger partial charge is 0.310 e. The summed E-state index contributed by atoms with van der Waals surface area (Å²) in [5.74, 6) is 0. The van der Waals surface area contributed by atoms with Gasteiger partial charge in [-0.1, -0.05) is 68.4 Å². The van der Waals surface area contributed by atoms with Gasteiger partial charge in [0, 0.05) is 6.04 Å². The van der Waals surface area contributed by atoms with Crippen LogP contribution in [-0.4, -0.2) is 6.54 Å². The highest BCUT2D eigenvalue weighted by atomic mass is 14.9. The minimum Gasteiger partial charge on any atom is -0.310 e. The molecular weight excluding hydrogens is 254 g/mol. The van der Waals surface area contributed by atoms with E-state index in [1.165, 1.54) is 29.5 Å². The van der Waals surface area contributed by atoms with E-state index >= 15 is 0 Å². The van der Waals surface area contributed by atoms with Crippen LogP contribution in [0.25, 0.3) is 0 Å². The molecule has 112 valence electrons. The third kappa shape index (κ3) is 5.02. The molecule has 0 heterocycles. The summed E-state index contributed by atoms with van der Waals surface area (Å²) in [6, 6.07) is 20.3. The fraction of sp³-hybridized carbons (Fsp3) is 0.400. The zero-order valence-electron chi connectivity index (χ0n) is 13.3. The Hall–Kier alpha value is -1.60. The van der Waals surface area contributed by atoms with Gasteiger partial charge in [-0.15, -0.1) is 0 Å². The average molecular weight is 281 g/mol. The van der Waals surface area contributed by atoms with Crippen LogP contribution in [0.3, 0.4) is 0 Å². The first-order valence-electron chi connectivity index (χ1n) is 8.19. The first kappa shape index (κ1) is 15.8. The van der Waals surface area contributed by atoms with Crippen LogP contribution in [0.5, 0.6) is 0 Å². The third-order valence-electron chi connectivity index (χ3n) is 4.04. The molecule has 21 heavy (non-hydrogen) atoms. The lowest BCUT2D eigenvalue weighted by Gasteiger charge is -2.18. The van der Waals surface area contributed by atoms with Gasteiger partial charge < -0.3 is 5.32 Å². The van der Waals surface area contributed by atoms with Crippen LogP contribution >= 0.6 is 0 Å². The van der Waals surface area contributed by atoms with Crippen LogP contribution in [0.2, 0.25) is 0 Å². The van der Waals surface area contributed by atoms with E-state index in [9.17, 15) is 0 Å². The van der Waals surface area contributed by atoms with E-state index in [4.69, 9.17) is 0 Å². The first-order valence-corrected chi connectivity index (χ1v) is 8.19. The Bertz CT molecular complexity index is 501. The SMILES string of the molecule is CCNC(CCCc1ccccc1)c1ccc(CC)cc1. The number of rotatable bonds is 8.